The zero-order chi connectivity index (χ0) is 20.8. The molecule has 0 aliphatic heterocycles. The standard InChI is InChI=1S/2C13H8O2.Be/c2*14-10-6-4-8-2-1-3-9-5-7-11(15)13(10)12(8)9;/h2*1-7,14H;/q;;+2/p-2. The van der Waals surface area contributed by atoms with Crippen LogP contribution in [0.4, 0.5) is 0 Å². The van der Waals surface area contributed by atoms with E-state index in [1.54, 1.807) is 24.3 Å². The topological polar surface area (TPSA) is 80.3 Å². The maximum Gasteiger partial charge on any atom is 2.00 e. The zero-order valence-corrected chi connectivity index (χ0v) is 16.4. The Morgan fingerprint density at radius 2 is 0.935 bits per heavy atom. The molecule has 0 spiro atoms. The third kappa shape index (κ3) is 3.24. The van der Waals surface area contributed by atoms with Crippen LogP contribution in [0.3, 0.4) is 0 Å². The molecular formula is C26H14BeO4. The van der Waals surface area contributed by atoms with E-state index < -0.39 is 0 Å². The number of hydrogen-bond donors (Lipinski definition) is 0. The summed E-state index contributed by atoms with van der Waals surface area (Å²) in [6.45, 7) is 0. The van der Waals surface area contributed by atoms with E-state index in [4.69, 9.17) is 0 Å². The van der Waals surface area contributed by atoms with Crippen LogP contribution in [0.5, 0.6) is 11.5 Å². The number of carbonyl (C=O) groups is 2. The third-order valence-electron chi connectivity index (χ3n) is 5.40. The Hall–Kier alpha value is -4.01. The van der Waals surface area contributed by atoms with Gasteiger partial charge in [-0.2, -0.15) is 0 Å². The van der Waals surface area contributed by atoms with Crippen molar-refractivity contribution in [3.8, 4) is 11.5 Å². The van der Waals surface area contributed by atoms with Gasteiger partial charge in [0.1, 0.15) is 0 Å². The Balaban J connectivity index is 0.000000144. The molecule has 0 amide bonds. The van der Waals surface area contributed by atoms with Crippen LogP contribution in [0.25, 0.3) is 33.7 Å². The second kappa shape index (κ2) is 7.67. The van der Waals surface area contributed by atoms with Crippen LogP contribution in [0.1, 0.15) is 31.8 Å². The summed E-state index contributed by atoms with van der Waals surface area (Å²) in [5.41, 5.74) is 2.51. The molecule has 4 nitrogen and oxygen atoms in total. The summed E-state index contributed by atoms with van der Waals surface area (Å²) in [5, 5.41) is 26.7. The average Bonchev–Trinajstić information content (AvgIpc) is 2.76. The van der Waals surface area contributed by atoms with Crippen molar-refractivity contribution in [2.45, 2.75) is 0 Å². The average molecular weight is 399 g/mol. The minimum atomic E-state index is -0.190. The van der Waals surface area contributed by atoms with E-state index in [1.165, 1.54) is 24.3 Å². The van der Waals surface area contributed by atoms with E-state index in [9.17, 15) is 19.8 Å². The smallest absolute Gasteiger partial charge is 0.872 e. The van der Waals surface area contributed by atoms with E-state index in [0.29, 0.717) is 11.1 Å². The van der Waals surface area contributed by atoms with Gasteiger partial charge < -0.3 is 10.2 Å². The molecule has 4 aromatic rings. The van der Waals surface area contributed by atoms with Gasteiger partial charge in [0, 0.05) is 11.1 Å². The fourth-order valence-electron chi connectivity index (χ4n) is 4.04. The first-order valence-electron chi connectivity index (χ1n) is 9.45. The normalized spacial score (nSPS) is 13.0. The van der Waals surface area contributed by atoms with Gasteiger partial charge in [-0.05, 0) is 44.8 Å². The quantitative estimate of drug-likeness (QED) is 0.421. The molecule has 0 radical (unpaired) electrons. The van der Waals surface area contributed by atoms with E-state index in [0.717, 1.165) is 32.7 Å². The monoisotopic (exact) mass is 399 g/mol. The summed E-state index contributed by atoms with van der Waals surface area (Å²) >= 11 is 0. The molecule has 5 heteroatoms. The van der Waals surface area contributed by atoms with Crippen LogP contribution in [0, 0.1) is 0 Å². The van der Waals surface area contributed by atoms with Crippen molar-refractivity contribution in [2.24, 2.45) is 0 Å². The van der Waals surface area contributed by atoms with E-state index in [-0.39, 0.29) is 33.2 Å². The molecule has 4 aromatic carbocycles. The fourth-order valence-corrected chi connectivity index (χ4v) is 4.04. The Morgan fingerprint density at radius 3 is 1.35 bits per heavy atom. The molecule has 0 N–H and O–H groups in total. The number of ketones is 2. The van der Waals surface area contributed by atoms with Crippen molar-refractivity contribution >= 4 is 55.4 Å². The van der Waals surface area contributed by atoms with Gasteiger partial charge in [0.25, 0.3) is 0 Å². The largest absolute Gasteiger partial charge is 2.00 e. The minimum absolute atomic E-state index is 0. The number of hydrogen-bond acceptors (Lipinski definition) is 4. The predicted molar refractivity (Wildman–Crippen MR) is 119 cm³/mol. The van der Waals surface area contributed by atoms with Crippen LogP contribution in [0.2, 0.25) is 0 Å². The first kappa shape index (κ1) is 20.3. The van der Waals surface area contributed by atoms with Gasteiger partial charge in [-0.25, -0.2) is 0 Å². The first-order valence-corrected chi connectivity index (χ1v) is 9.45. The fraction of sp³-hybridized carbons (Fsp3) is 0. The maximum atomic E-state index is 11.6. The second-order valence-corrected chi connectivity index (χ2v) is 7.16. The summed E-state index contributed by atoms with van der Waals surface area (Å²) in [6.07, 6.45) is 6.44. The number of benzene rings is 4. The van der Waals surface area contributed by atoms with Gasteiger partial charge in [-0.3, -0.25) is 9.59 Å². The summed E-state index contributed by atoms with van der Waals surface area (Å²) < 4.78 is 0. The molecule has 0 aromatic heterocycles. The summed E-state index contributed by atoms with van der Waals surface area (Å²) in [4.78, 5) is 23.2. The molecular weight excluding hydrogens is 385 g/mol. The Labute approximate surface area is 182 Å². The molecule has 2 aliphatic rings. The Bertz CT molecular complexity index is 1340. The molecule has 2 aliphatic carbocycles. The molecule has 0 saturated carbocycles. The molecule has 0 fully saturated rings. The minimum Gasteiger partial charge on any atom is -0.872 e. The van der Waals surface area contributed by atoms with Crippen molar-refractivity contribution < 1.29 is 19.8 Å². The van der Waals surface area contributed by atoms with Crippen molar-refractivity contribution in [1.82, 2.24) is 0 Å². The summed E-state index contributed by atoms with van der Waals surface area (Å²) in [6, 6.07) is 17.9. The van der Waals surface area contributed by atoms with Gasteiger partial charge in [-0.1, -0.05) is 84.3 Å². The van der Waals surface area contributed by atoms with Crippen LogP contribution in [-0.2, 0) is 0 Å². The van der Waals surface area contributed by atoms with Crippen LogP contribution >= 0.6 is 0 Å². The van der Waals surface area contributed by atoms with Crippen LogP contribution in [-0.4, -0.2) is 21.7 Å². The predicted octanol–water partition coefficient (Wildman–Crippen LogP) is 3.87. The number of allylic oxidation sites excluding steroid dienone is 2. The van der Waals surface area contributed by atoms with E-state index in [1.807, 2.05) is 36.4 Å². The first-order chi connectivity index (χ1) is 14.5. The van der Waals surface area contributed by atoms with Gasteiger partial charge in [0.05, 0.1) is 0 Å². The second-order valence-electron chi connectivity index (χ2n) is 7.16. The molecule has 0 saturated heterocycles. The molecule has 0 atom stereocenters. The SMILES string of the molecule is O=C1C=Cc2cccc3ccc([O-])c1c23.O=C1C=Cc2cccc3ccc([O-])c1c23.[Be+2]. The maximum absolute atomic E-state index is 11.6. The molecule has 0 heterocycles. The Morgan fingerprint density at radius 1 is 0.516 bits per heavy atom. The molecule has 0 unspecified atom stereocenters. The zero-order valence-electron chi connectivity index (χ0n) is 16.4. The molecule has 31 heavy (non-hydrogen) atoms. The van der Waals surface area contributed by atoms with Gasteiger partial charge >= 0.3 is 10.1 Å². The van der Waals surface area contributed by atoms with Gasteiger partial charge in [-0.15, -0.1) is 0 Å². The van der Waals surface area contributed by atoms with Crippen LogP contribution < -0.4 is 10.2 Å². The van der Waals surface area contributed by atoms with Crippen molar-refractivity contribution in [3.63, 3.8) is 0 Å². The van der Waals surface area contributed by atoms with Gasteiger partial charge in [0.2, 0.25) is 0 Å². The molecule has 0 bridgehead atoms. The number of carbonyl (C=O) groups excluding carboxylic acids is 2. The van der Waals surface area contributed by atoms with Crippen molar-refractivity contribution in [2.75, 3.05) is 0 Å². The molecule has 144 valence electrons. The summed E-state index contributed by atoms with van der Waals surface area (Å²) in [5.74, 6) is -0.762. The molecule has 6 rings (SSSR count). The number of rotatable bonds is 0. The van der Waals surface area contributed by atoms with E-state index >= 15 is 0 Å². The van der Waals surface area contributed by atoms with Crippen molar-refractivity contribution in [1.29, 1.82) is 0 Å². The van der Waals surface area contributed by atoms with Crippen LogP contribution in [0.15, 0.2) is 72.8 Å². The third-order valence-corrected chi connectivity index (χ3v) is 5.40. The van der Waals surface area contributed by atoms with Gasteiger partial charge in [0.15, 0.2) is 11.6 Å². The Kier molecular flexibility index (Phi) is 5.02. The van der Waals surface area contributed by atoms with E-state index in [2.05, 4.69) is 0 Å². The van der Waals surface area contributed by atoms with Crippen molar-refractivity contribution in [3.05, 3.63) is 95.1 Å². The summed E-state index contributed by atoms with van der Waals surface area (Å²) in [7, 11) is 0.